The largest absolute Gasteiger partial charge is 0.466 e. The van der Waals surface area contributed by atoms with Gasteiger partial charge >= 0.3 is 12.1 Å². The summed E-state index contributed by atoms with van der Waals surface area (Å²) in [6, 6.07) is 10.9. The second kappa shape index (κ2) is 12.9. The number of nitrogens with zero attached hydrogens (tertiary/aromatic N) is 2. The van der Waals surface area contributed by atoms with Crippen LogP contribution in [0, 0.1) is 5.82 Å². The van der Waals surface area contributed by atoms with Crippen LogP contribution in [0.1, 0.15) is 57.2 Å². The van der Waals surface area contributed by atoms with Crippen LogP contribution in [0.3, 0.4) is 0 Å². The normalized spacial score (nSPS) is 13.2. The molecule has 202 valence electrons. The maximum Gasteiger partial charge on any atom is 0.415 e. The summed E-state index contributed by atoms with van der Waals surface area (Å²) in [7, 11) is 1.70. The Labute approximate surface area is 219 Å². The molecule has 7 nitrogen and oxygen atoms in total. The number of carbonyl (C=O) groups excluding carboxylic acids is 2. The molecular weight excluding hydrogens is 475 g/mol. The van der Waals surface area contributed by atoms with Crippen molar-refractivity contribution in [1.82, 2.24) is 0 Å². The van der Waals surface area contributed by atoms with Crippen LogP contribution in [0.25, 0.3) is 0 Å². The Bertz CT molecular complexity index is 1080. The highest BCUT2D eigenvalue weighted by atomic mass is 19.1. The van der Waals surface area contributed by atoms with Gasteiger partial charge in [0.25, 0.3) is 0 Å². The van der Waals surface area contributed by atoms with E-state index in [1.807, 2.05) is 6.07 Å². The van der Waals surface area contributed by atoms with Crippen LogP contribution < -0.4 is 9.80 Å². The fourth-order valence-electron chi connectivity index (χ4n) is 4.37. The van der Waals surface area contributed by atoms with E-state index in [2.05, 4.69) is 17.0 Å². The quantitative estimate of drug-likeness (QED) is 0.381. The minimum absolute atomic E-state index is 0.0918. The molecule has 2 aromatic rings. The molecule has 0 saturated heterocycles. The summed E-state index contributed by atoms with van der Waals surface area (Å²) in [6.07, 6.45) is 1.85. The number of esters is 1. The van der Waals surface area contributed by atoms with E-state index >= 15 is 4.39 Å². The molecule has 0 atom stereocenters. The maximum absolute atomic E-state index is 15.0. The SMILES string of the molecule is CCOC(=O)CCc1ccc(N(Cc2ccc3c(c2)N(CCOC)CCC3)C(=O)OC(C)(C)C)cc1F. The number of hydrogen-bond donors (Lipinski definition) is 0. The van der Waals surface area contributed by atoms with Gasteiger partial charge in [-0.05, 0) is 81.8 Å². The molecule has 1 aliphatic rings. The number of anilines is 2. The summed E-state index contributed by atoms with van der Waals surface area (Å²) in [6.45, 7) is 10.0. The van der Waals surface area contributed by atoms with Crippen LogP contribution in [0.2, 0.25) is 0 Å². The summed E-state index contributed by atoms with van der Waals surface area (Å²) in [5.74, 6) is -0.847. The van der Waals surface area contributed by atoms with Gasteiger partial charge in [-0.1, -0.05) is 18.2 Å². The van der Waals surface area contributed by atoms with Crippen LogP contribution in [0.4, 0.5) is 20.6 Å². The standard InChI is InChI=1S/C29H39FN2O5/c1-6-36-27(33)14-12-22-11-13-24(19-25(22)30)32(28(34)37-29(2,3)4)20-21-9-10-23-8-7-15-31(16-17-35-5)26(23)18-21/h9-11,13,18-19H,6-8,12,14-17,20H2,1-5H3. The van der Waals surface area contributed by atoms with E-state index in [1.54, 1.807) is 46.9 Å². The molecule has 0 N–H and O–H groups in total. The molecular formula is C29H39FN2O5. The first-order valence-electron chi connectivity index (χ1n) is 12.9. The molecule has 0 unspecified atom stereocenters. The number of benzene rings is 2. The molecule has 2 aromatic carbocycles. The van der Waals surface area contributed by atoms with Gasteiger partial charge in [0.05, 0.1) is 25.4 Å². The molecule has 3 rings (SSSR count). The number of aryl methyl sites for hydroxylation is 2. The zero-order chi connectivity index (χ0) is 27.0. The summed E-state index contributed by atoms with van der Waals surface area (Å²) in [5, 5.41) is 0. The lowest BCUT2D eigenvalue weighted by Gasteiger charge is -2.32. The lowest BCUT2D eigenvalue weighted by molar-refractivity contribution is -0.143. The topological polar surface area (TPSA) is 68.3 Å². The van der Waals surface area contributed by atoms with E-state index < -0.39 is 17.5 Å². The van der Waals surface area contributed by atoms with Crippen molar-refractivity contribution in [2.45, 2.75) is 65.5 Å². The van der Waals surface area contributed by atoms with E-state index in [0.717, 1.165) is 37.2 Å². The van der Waals surface area contributed by atoms with Gasteiger partial charge in [0.15, 0.2) is 0 Å². The van der Waals surface area contributed by atoms with Crippen molar-refractivity contribution in [2.75, 3.05) is 43.2 Å². The van der Waals surface area contributed by atoms with Crippen LogP contribution in [-0.2, 0) is 38.4 Å². The fraction of sp³-hybridized carbons (Fsp3) is 0.517. The highest BCUT2D eigenvalue weighted by Gasteiger charge is 2.25. The molecule has 1 amide bonds. The van der Waals surface area contributed by atoms with E-state index in [4.69, 9.17) is 14.2 Å². The van der Waals surface area contributed by atoms with Gasteiger partial charge in [-0.2, -0.15) is 0 Å². The van der Waals surface area contributed by atoms with Crippen LogP contribution in [-0.4, -0.2) is 51.1 Å². The molecule has 0 saturated carbocycles. The number of amides is 1. The van der Waals surface area contributed by atoms with Gasteiger partial charge < -0.3 is 19.1 Å². The lowest BCUT2D eigenvalue weighted by Crippen LogP contribution is -2.37. The first kappa shape index (κ1) is 28.4. The lowest BCUT2D eigenvalue weighted by atomic mass is 9.99. The Morgan fingerprint density at radius 2 is 1.92 bits per heavy atom. The summed E-state index contributed by atoms with van der Waals surface area (Å²) < 4.78 is 30.9. The van der Waals surface area contributed by atoms with Crippen molar-refractivity contribution < 1.29 is 28.2 Å². The van der Waals surface area contributed by atoms with Gasteiger partial charge in [-0.25, -0.2) is 9.18 Å². The smallest absolute Gasteiger partial charge is 0.415 e. The molecule has 0 spiro atoms. The number of hydrogen-bond acceptors (Lipinski definition) is 6. The number of rotatable bonds is 10. The second-order valence-electron chi connectivity index (χ2n) is 10.2. The Hall–Kier alpha value is -3.13. The highest BCUT2D eigenvalue weighted by Crippen LogP contribution is 2.30. The van der Waals surface area contributed by atoms with Crippen molar-refractivity contribution in [2.24, 2.45) is 0 Å². The zero-order valence-corrected chi connectivity index (χ0v) is 22.6. The molecule has 8 heteroatoms. The Balaban J connectivity index is 1.87. The molecule has 0 radical (unpaired) electrons. The third kappa shape index (κ3) is 8.18. The van der Waals surface area contributed by atoms with Crippen molar-refractivity contribution in [3.63, 3.8) is 0 Å². The zero-order valence-electron chi connectivity index (χ0n) is 22.6. The third-order valence-electron chi connectivity index (χ3n) is 6.14. The predicted molar refractivity (Wildman–Crippen MR) is 143 cm³/mol. The number of carbonyl (C=O) groups is 2. The summed E-state index contributed by atoms with van der Waals surface area (Å²) >= 11 is 0. The van der Waals surface area contributed by atoms with E-state index in [-0.39, 0.29) is 32.0 Å². The van der Waals surface area contributed by atoms with Crippen molar-refractivity contribution in [3.8, 4) is 0 Å². The summed E-state index contributed by atoms with van der Waals surface area (Å²) in [4.78, 5) is 28.7. The second-order valence-corrected chi connectivity index (χ2v) is 10.2. The Morgan fingerprint density at radius 3 is 2.59 bits per heavy atom. The van der Waals surface area contributed by atoms with E-state index in [9.17, 15) is 9.59 Å². The maximum atomic E-state index is 15.0. The number of halogens is 1. The van der Waals surface area contributed by atoms with Crippen LogP contribution in [0.5, 0.6) is 0 Å². The van der Waals surface area contributed by atoms with Gasteiger partial charge in [0.2, 0.25) is 0 Å². The number of methoxy groups -OCH3 is 1. The van der Waals surface area contributed by atoms with Gasteiger partial charge in [-0.3, -0.25) is 9.69 Å². The first-order chi connectivity index (χ1) is 17.6. The first-order valence-corrected chi connectivity index (χ1v) is 12.9. The third-order valence-corrected chi connectivity index (χ3v) is 6.14. The van der Waals surface area contributed by atoms with Crippen molar-refractivity contribution >= 4 is 23.4 Å². The van der Waals surface area contributed by atoms with E-state index in [0.29, 0.717) is 17.9 Å². The molecule has 0 aromatic heterocycles. The monoisotopic (exact) mass is 514 g/mol. The molecule has 37 heavy (non-hydrogen) atoms. The Morgan fingerprint density at radius 1 is 1.14 bits per heavy atom. The van der Waals surface area contributed by atoms with Crippen molar-refractivity contribution in [1.29, 1.82) is 0 Å². The average molecular weight is 515 g/mol. The van der Waals surface area contributed by atoms with Crippen LogP contribution in [0.15, 0.2) is 36.4 Å². The van der Waals surface area contributed by atoms with Gasteiger partial charge in [0, 0.05) is 32.3 Å². The highest BCUT2D eigenvalue weighted by molar-refractivity contribution is 5.88. The number of ether oxygens (including phenoxy) is 3. The molecule has 1 aliphatic heterocycles. The average Bonchev–Trinajstić information content (AvgIpc) is 2.84. The molecule has 0 fully saturated rings. The molecule has 0 bridgehead atoms. The predicted octanol–water partition coefficient (Wildman–Crippen LogP) is 5.66. The van der Waals surface area contributed by atoms with E-state index in [1.165, 1.54) is 16.5 Å². The minimum atomic E-state index is -0.708. The van der Waals surface area contributed by atoms with Crippen LogP contribution >= 0.6 is 0 Å². The minimum Gasteiger partial charge on any atom is -0.466 e. The summed E-state index contributed by atoms with van der Waals surface area (Å²) in [5.41, 5.74) is 3.41. The number of fused-ring (bicyclic) bond motifs is 1. The fourth-order valence-corrected chi connectivity index (χ4v) is 4.37. The molecule has 1 heterocycles. The van der Waals surface area contributed by atoms with Crippen molar-refractivity contribution in [3.05, 3.63) is 58.9 Å². The van der Waals surface area contributed by atoms with Gasteiger partial charge in [0.1, 0.15) is 11.4 Å². The van der Waals surface area contributed by atoms with Gasteiger partial charge in [-0.15, -0.1) is 0 Å². The molecule has 0 aliphatic carbocycles. The Kier molecular flexibility index (Phi) is 9.92.